The van der Waals surface area contributed by atoms with Crippen molar-refractivity contribution in [2.45, 2.75) is 19.9 Å². The fraction of sp³-hybridized carbons (Fsp3) is 0.444. The molecule has 0 radical (unpaired) electrons. The topological polar surface area (TPSA) is 47.4 Å². The standard InChI is InChI=1S/C18H23N3O2/c1-14-10-17(19-20(14)2)18(22)21(12-16-8-9-23-13-16)11-15-6-4-3-5-7-15/h3-7,10,16H,8-9,11-13H2,1-2H3. The lowest BCUT2D eigenvalue weighted by molar-refractivity contribution is 0.0699. The quantitative estimate of drug-likeness (QED) is 0.851. The summed E-state index contributed by atoms with van der Waals surface area (Å²) in [6.07, 6.45) is 1.01. The second-order valence-corrected chi connectivity index (χ2v) is 6.20. The summed E-state index contributed by atoms with van der Waals surface area (Å²) in [5.41, 5.74) is 2.63. The Morgan fingerprint density at radius 2 is 2.17 bits per heavy atom. The molecular weight excluding hydrogens is 290 g/mol. The van der Waals surface area contributed by atoms with E-state index in [1.807, 2.05) is 43.1 Å². The Morgan fingerprint density at radius 3 is 2.78 bits per heavy atom. The molecule has 0 N–H and O–H groups in total. The van der Waals surface area contributed by atoms with Crippen LogP contribution in [0.5, 0.6) is 0 Å². The van der Waals surface area contributed by atoms with Gasteiger partial charge in [-0.2, -0.15) is 5.10 Å². The summed E-state index contributed by atoms with van der Waals surface area (Å²) >= 11 is 0. The first kappa shape index (κ1) is 15.7. The first-order valence-electron chi connectivity index (χ1n) is 8.05. The molecule has 0 saturated carbocycles. The van der Waals surface area contributed by atoms with Gasteiger partial charge in [0, 0.05) is 38.4 Å². The van der Waals surface area contributed by atoms with Gasteiger partial charge in [-0.1, -0.05) is 30.3 Å². The Hall–Kier alpha value is -2.14. The van der Waals surface area contributed by atoms with E-state index in [1.54, 1.807) is 4.68 Å². The van der Waals surface area contributed by atoms with Crippen LogP contribution in [0.25, 0.3) is 0 Å². The minimum absolute atomic E-state index is 0.00977. The fourth-order valence-corrected chi connectivity index (χ4v) is 2.89. The number of benzene rings is 1. The van der Waals surface area contributed by atoms with Crippen molar-refractivity contribution in [3.63, 3.8) is 0 Å². The first-order valence-corrected chi connectivity index (χ1v) is 8.05. The average Bonchev–Trinajstić information content (AvgIpc) is 3.17. The zero-order chi connectivity index (χ0) is 16.2. The van der Waals surface area contributed by atoms with Crippen LogP contribution in [0.15, 0.2) is 36.4 Å². The number of carbonyl (C=O) groups excluding carboxylic acids is 1. The highest BCUT2D eigenvalue weighted by atomic mass is 16.5. The van der Waals surface area contributed by atoms with Crippen molar-refractivity contribution in [2.24, 2.45) is 13.0 Å². The van der Waals surface area contributed by atoms with Gasteiger partial charge in [0.2, 0.25) is 0 Å². The van der Waals surface area contributed by atoms with Crippen molar-refractivity contribution in [1.82, 2.24) is 14.7 Å². The molecule has 1 fully saturated rings. The Balaban J connectivity index is 1.79. The lowest BCUT2D eigenvalue weighted by Crippen LogP contribution is -2.35. The predicted octanol–water partition coefficient (Wildman–Crippen LogP) is 2.41. The summed E-state index contributed by atoms with van der Waals surface area (Å²) in [5, 5.41) is 4.34. The van der Waals surface area contributed by atoms with Gasteiger partial charge in [0.1, 0.15) is 0 Å². The minimum atomic E-state index is -0.00977. The summed E-state index contributed by atoms with van der Waals surface area (Å²) < 4.78 is 7.20. The third-order valence-electron chi connectivity index (χ3n) is 4.34. The van der Waals surface area contributed by atoms with Crippen molar-refractivity contribution in [1.29, 1.82) is 0 Å². The molecule has 1 atom stereocenters. The van der Waals surface area contributed by atoms with Crippen LogP contribution in [0.2, 0.25) is 0 Å². The number of aryl methyl sites for hydroxylation is 2. The molecule has 2 aromatic rings. The highest BCUT2D eigenvalue weighted by Crippen LogP contribution is 2.18. The molecule has 2 heterocycles. The van der Waals surface area contributed by atoms with Gasteiger partial charge in [-0.3, -0.25) is 9.48 Å². The number of aromatic nitrogens is 2. The van der Waals surface area contributed by atoms with E-state index < -0.39 is 0 Å². The SMILES string of the molecule is Cc1cc(C(=O)N(Cc2ccccc2)CC2CCOC2)nn1C. The van der Waals surface area contributed by atoms with Gasteiger partial charge in [0.15, 0.2) is 5.69 Å². The van der Waals surface area contributed by atoms with Gasteiger partial charge >= 0.3 is 0 Å². The number of hydrogen-bond acceptors (Lipinski definition) is 3. The number of rotatable bonds is 5. The third kappa shape index (κ3) is 3.79. The maximum absolute atomic E-state index is 12.9. The Kier molecular flexibility index (Phi) is 4.76. The van der Waals surface area contributed by atoms with Gasteiger partial charge in [-0.05, 0) is 25.0 Å². The van der Waals surface area contributed by atoms with Crippen molar-refractivity contribution < 1.29 is 9.53 Å². The second kappa shape index (κ2) is 6.96. The zero-order valence-electron chi connectivity index (χ0n) is 13.7. The van der Waals surface area contributed by atoms with Crippen LogP contribution in [-0.4, -0.2) is 40.3 Å². The first-order chi connectivity index (χ1) is 11.1. The number of hydrogen-bond donors (Lipinski definition) is 0. The lowest BCUT2D eigenvalue weighted by atomic mass is 10.1. The van der Waals surface area contributed by atoms with Crippen LogP contribution in [0, 0.1) is 12.8 Å². The third-order valence-corrected chi connectivity index (χ3v) is 4.34. The Bertz CT molecular complexity index is 641. The van der Waals surface area contributed by atoms with Gasteiger partial charge in [-0.25, -0.2) is 0 Å². The van der Waals surface area contributed by atoms with E-state index in [0.717, 1.165) is 30.9 Å². The van der Waals surface area contributed by atoms with Crippen LogP contribution in [-0.2, 0) is 18.3 Å². The van der Waals surface area contributed by atoms with E-state index in [2.05, 4.69) is 17.2 Å². The van der Waals surface area contributed by atoms with E-state index >= 15 is 0 Å². The van der Waals surface area contributed by atoms with Crippen LogP contribution >= 0.6 is 0 Å². The van der Waals surface area contributed by atoms with Crippen LogP contribution < -0.4 is 0 Å². The molecule has 1 aliphatic heterocycles. The van der Waals surface area contributed by atoms with Crippen molar-refractivity contribution in [2.75, 3.05) is 19.8 Å². The summed E-state index contributed by atoms with van der Waals surface area (Å²) in [7, 11) is 1.86. The van der Waals surface area contributed by atoms with E-state index in [1.165, 1.54) is 0 Å². The molecule has 1 aliphatic rings. The van der Waals surface area contributed by atoms with E-state index in [-0.39, 0.29) is 5.91 Å². The summed E-state index contributed by atoms with van der Waals surface area (Å²) in [5.74, 6) is 0.400. The molecule has 5 heteroatoms. The van der Waals surface area contributed by atoms with Gasteiger partial charge < -0.3 is 9.64 Å². The minimum Gasteiger partial charge on any atom is -0.381 e. The second-order valence-electron chi connectivity index (χ2n) is 6.20. The molecule has 1 saturated heterocycles. The number of ether oxygens (including phenoxy) is 1. The molecule has 1 unspecified atom stereocenters. The largest absolute Gasteiger partial charge is 0.381 e. The normalized spacial score (nSPS) is 17.4. The van der Waals surface area contributed by atoms with E-state index in [0.29, 0.717) is 24.7 Å². The van der Waals surface area contributed by atoms with Crippen molar-refractivity contribution in [3.05, 3.63) is 53.3 Å². The van der Waals surface area contributed by atoms with Gasteiger partial charge in [-0.15, -0.1) is 0 Å². The number of amides is 1. The van der Waals surface area contributed by atoms with E-state index in [4.69, 9.17) is 4.74 Å². The van der Waals surface area contributed by atoms with Crippen molar-refractivity contribution in [3.8, 4) is 0 Å². The number of carbonyl (C=O) groups is 1. The monoisotopic (exact) mass is 313 g/mol. The maximum Gasteiger partial charge on any atom is 0.274 e. The zero-order valence-corrected chi connectivity index (χ0v) is 13.7. The highest BCUT2D eigenvalue weighted by molar-refractivity contribution is 5.92. The van der Waals surface area contributed by atoms with Crippen LogP contribution in [0.4, 0.5) is 0 Å². The van der Waals surface area contributed by atoms with Crippen LogP contribution in [0.3, 0.4) is 0 Å². The predicted molar refractivity (Wildman–Crippen MR) is 88.1 cm³/mol. The smallest absolute Gasteiger partial charge is 0.274 e. The van der Waals surface area contributed by atoms with Gasteiger partial charge in [0.25, 0.3) is 5.91 Å². The fourth-order valence-electron chi connectivity index (χ4n) is 2.89. The molecule has 1 aromatic heterocycles. The molecule has 0 aliphatic carbocycles. The van der Waals surface area contributed by atoms with Crippen LogP contribution in [0.1, 0.15) is 28.2 Å². The molecule has 122 valence electrons. The summed E-state index contributed by atoms with van der Waals surface area (Å²) in [4.78, 5) is 14.8. The molecular formula is C18H23N3O2. The molecule has 1 aromatic carbocycles. The maximum atomic E-state index is 12.9. The van der Waals surface area contributed by atoms with Gasteiger partial charge in [0.05, 0.1) is 6.61 Å². The Morgan fingerprint density at radius 1 is 1.39 bits per heavy atom. The van der Waals surface area contributed by atoms with Crippen molar-refractivity contribution >= 4 is 5.91 Å². The molecule has 3 rings (SSSR count). The molecule has 0 spiro atoms. The number of nitrogens with zero attached hydrogens (tertiary/aromatic N) is 3. The summed E-state index contributed by atoms with van der Waals surface area (Å²) in [6, 6.07) is 11.9. The summed E-state index contributed by atoms with van der Waals surface area (Å²) in [6.45, 7) is 4.80. The highest BCUT2D eigenvalue weighted by Gasteiger charge is 2.25. The lowest BCUT2D eigenvalue weighted by Gasteiger charge is -2.24. The molecule has 23 heavy (non-hydrogen) atoms. The Labute approximate surface area is 136 Å². The molecule has 5 nitrogen and oxygen atoms in total. The van der Waals surface area contributed by atoms with E-state index in [9.17, 15) is 4.79 Å². The molecule has 0 bridgehead atoms. The molecule has 1 amide bonds. The average molecular weight is 313 g/mol.